The van der Waals surface area contributed by atoms with Crippen LogP contribution in [-0.2, 0) is 13.6 Å². The molecule has 0 bridgehead atoms. The van der Waals surface area contributed by atoms with Crippen molar-refractivity contribution in [3.63, 3.8) is 0 Å². The SMILES string of the molecule is Cn1nc(-c2ccc(CN=C(C#N)C#N)cc2)ccc1=O. The first kappa shape index (κ1) is 14.2. The van der Waals surface area contributed by atoms with Crippen LogP contribution in [0.1, 0.15) is 5.56 Å². The Morgan fingerprint density at radius 3 is 2.43 bits per heavy atom. The van der Waals surface area contributed by atoms with E-state index in [1.54, 1.807) is 25.3 Å². The molecule has 6 nitrogen and oxygen atoms in total. The van der Waals surface area contributed by atoms with Gasteiger partial charge in [-0.2, -0.15) is 15.6 Å². The van der Waals surface area contributed by atoms with E-state index >= 15 is 0 Å². The van der Waals surface area contributed by atoms with Gasteiger partial charge in [-0.1, -0.05) is 24.3 Å². The van der Waals surface area contributed by atoms with Crippen LogP contribution in [0.15, 0.2) is 46.2 Å². The van der Waals surface area contributed by atoms with Crippen LogP contribution in [0, 0.1) is 22.7 Å². The third-order valence-corrected chi connectivity index (χ3v) is 2.84. The monoisotopic (exact) mass is 277 g/mol. The van der Waals surface area contributed by atoms with Gasteiger partial charge in [0.2, 0.25) is 5.71 Å². The van der Waals surface area contributed by atoms with Crippen LogP contribution in [0.4, 0.5) is 0 Å². The zero-order valence-electron chi connectivity index (χ0n) is 11.3. The number of aliphatic imine (C=N–C) groups is 1. The molecule has 21 heavy (non-hydrogen) atoms. The molecule has 0 atom stereocenters. The second-order valence-electron chi connectivity index (χ2n) is 4.27. The van der Waals surface area contributed by atoms with Crippen molar-refractivity contribution in [2.75, 3.05) is 0 Å². The van der Waals surface area contributed by atoms with Crippen LogP contribution in [0.3, 0.4) is 0 Å². The average molecular weight is 277 g/mol. The predicted molar refractivity (Wildman–Crippen MR) is 77.3 cm³/mol. The molecule has 0 aliphatic carbocycles. The van der Waals surface area contributed by atoms with E-state index in [0.29, 0.717) is 5.69 Å². The van der Waals surface area contributed by atoms with Crippen LogP contribution in [0.2, 0.25) is 0 Å². The molecule has 1 aromatic heterocycles. The molecule has 0 saturated heterocycles. The third-order valence-electron chi connectivity index (χ3n) is 2.84. The maximum atomic E-state index is 11.3. The van der Waals surface area contributed by atoms with Gasteiger partial charge in [0.05, 0.1) is 12.2 Å². The van der Waals surface area contributed by atoms with Gasteiger partial charge in [0, 0.05) is 18.7 Å². The molecule has 0 aliphatic rings. The Kier molecular flexibility index (Phi) is 4.23. The van der Waals surface area contributed by atoms with E-state index in [9.17, 15) is 4.79 Å². The summed E-state index contributed by atoms with van der Waals surface area (Å²) in [6.45, 7) is 0.275. The Hall–Kier alpha value is -3.25. The molecule has 0 radical (unpaired) electrons. The van der Waals surface area contributed by atoms with Crippen molar-refractivity contribution in [1.29, 1.82) is 10.5 Å². The van der Waals surface area contributed by atoms with Gasteiger partial charge in [0.15, 0.2) is 0 Å². The summed E-state index contributed by atoms with van der Waals surface area (Å²) in [5.74, 6) is 0. The predicted octanol–water partition coefficient (Wildman–Crippen LogP) is 1.44. The number of nitrogens with zero attached hydrogens (tertiary/aromatic N) is 5. The highest BCUT2D eigenvalue weighted by Crippen LogP contribution is 2.16. The minimum atomic E-state index is -0.162. The van der Waals surface area contributed by atoms with E-state index in [-0.39, 0.29) is 17.8 Å². The van der Waals surface area contributed by atoms with Gasteiger partial charge < -0.3 is 0 Å². The average Bonchev–Trinajstić information content (AvgIpc) is 2.52. The zero-order chi connectivity index (χ0) is 15.2. The van der Waals surface area contributed by atoms with Crippen molar-refractivity contribution in [2.24, 2.45) is 12.0 Å². The van der Waals surface area contributed by atoms with Crippen molar-refractivity contribution in [3.8, 4) is 23.4 Å². The van der Waals surface area contributed by atoms with Crippen molar-refractivity contribution in [2.45, 2.75) is 6.54 Å². The van der Waals surface area contributed by atoms with Gasteiger partial charge in [0.1, 0.15) is 12.1 Å². The summed E-state index contributed by atoms with van der Waals surface area (Å²) in [6, 6.07) is 14.0. The van der Waals surface area contributed by atoms with Crippen LogP contribution in [0.25, 0.3) is 11.3 Å². The largest absolute Gasteiger partial charge is 0.268 e. The van der Waals surface area contributed by atoms with Crippen LogP contribution in [-0.4, -0.2) is 15.5 Å². The van der Waals surface area contributed by atoms with Crippen LogP contribution < -0.4 is 5.56 Å². The molecule has 102 valence electrons. The molecule has 0 spiro atoms. The quantitative estimate of drug-likeness (QED) is 0.793. The van der Waals surface area contributed by atoms with E-state index in [4.69, 9.17) is 10.5 Å². The standard InChI is InChI=1S/C15H11N5O/c1-20-15(21)7-6-14(19-20)12-4-2-11(3-5-12)10-18-13(8-16)9-17/h2-7H,10H2,1H3. The van der Waals surface area contributed by atoms with Crippen LogP contribution in [0.5, 0.6) is 0 Å². The fourth-order valence-corrected chi connectivity index (χ4v) is 1.70. The smallest absolute Gasteiger partial charge is 0.266 e. The molecular weight excluding hydrogens is 266 g/mol. The van der Waals surface area contributed by atoms with Gasteiger partial charge in [-0.25, -0.2) is 4.68 Å². The normalized spacial score (nSPS) is 9.48. The Labute approximate surface area is 121 Å². The summed E-state index contributed by atoms with van der Waals surface area (Å²) in [4.78, 5) is 15.2. The molecular formula is C15H11N5O. The minimum absolute atomic E-state index is 0.140. The van der Waals surface area contributed by atoms with Gasteiger partial charge >= 0.3 is 0 Å². The highest BCUT2D eigenvalue weighted by Gasteiger charge is 2.02. The molecule has 0 saturated carbocycles. The number of hydrogen-bond donors (Lipinski definition) is 0. The topological polar surface area (TPSA) is 94.8 Å². The second-order valence-corrected chi connectivity index (χ2v) is 4.27. The Bertz CT molecular complexity index is 803. The lowest BCUT2D eigenvalue weighted by Gasteiger charge is -2.03. The van der Waals surface area contributed by atoms with Crippen molar-refractivity contribution in [3.05, 3.63) is 52.3 Å². The summed E-state index contributed by atoms with van der Waals surface area (Å²) in [7, 11) is 1.60. The second kappa shape index (κ2) is 6.27. The van der Waals surface area contributed by atoms with E-state index in [2.05, 4.69) is 10.1 Å². The first-order valence-electron chi connectivity index (χ1n) is 6.12. The summed E-state index contributed by atoms with van der Waals surface area (Å²) in [5.41, 5.74) is 2.15. The summed E-state index contributed by atoms with van der Waals surface area (Å²) < 4.78 is 1.28. The summed E-state index contributed by atoms with van der Waals surface area (Å²) >= 11 is 0. The molecule has 0 N–H and O–H groups in total. The third kappa shape index (κ3) is 3.40. The molecule has 0 amide bonds. The molecule has 1 aromatic carbocycles. The minimum Gasteiger partial charge on any atom is -0.268 e. The Morgan fingerprint density at radius 1 is 1.19 bits per heavy atom. The van der Waals surface area contributed by atoms with E-state index in [0.717, 1.165) is 11.1 Å². The Morgan fingerprint density at radius 2 is 1.86 bits per heavy atom. The highest BCUT2D eigenvalue weighted by atomic mass is 16.1. The number of hydrogen-bond acceptors (Lipinski definition) is 5. The van der Waals surface area contributed by atoms with Crippen molar-refractivity contribution in [1.82, 2.24) is 9.78 Å². The zero-order valence-corrected chi connectivity index (χ0v) is 11.3. The first-order chi connectivity index (χ1) is 10.1. The fourth-order valence-electron chi connectivity index (χ4n) is 1.70. The van der Waals surface area contributed by atoms with Crippen LogP contribution >= 0.6 is 0 Å². The van der Waals surface area contributed by atoms with Gasteiger partial charge in [0.25, 0.3) is 5.56 Å². The lowest BCUT2D eigenvalue weighted by Crippen LogP contribution is -2.18. The molecule has 0 unspecified atom stereocenters. The fraction of sp³-hybridized carbons (Fsp3) is 0.133. The van der Waals surface area contributed by atoms with Gasteiger partial charge in [-0.3, -0.25) is 9.79 Å². The lowest BCUT2D eigenvalue weighted by molar-refractivity contribution is 0.712. The first-order valence-corrected chi connectivity index (χ1v) is 6.12. The number of aromatic nitrogens is 2. The molecule has 1 heterocycles. The molecule has 2 rings (SSSR count). The maximum Gasteiger partial charge on any atom is 0.266 e. The molecule has 2 aromatic rings. The lowest BCUT2D eigenvalue weighted by atomic mass is 10.1. The van der Waals surface area contributed by atoms with Crippen molar-refractivity contribution >= 4 is 5.71 Å². The molecule has 6 heteroatoms. The number of rotatable bonds is 3. The maximum absolute atomic E-state index is 11.3. The number of benzene rings is 1. The number of nitriles is 2. The van der Waals surface area contributed by atoms with Crippen molar-refractivity contribution < 1.29 is 0 Å². The van der Waals surface area contributed by atoms with E-state index < -0.39 is 0 Å². The highest BCUT2D eigenvalue weighted by molar-refractivity contribution is 6.10. The number of aryl methyl sites for hydroxylation is 1. The molecule has 0 aliphatic heterocycles. The Balaban J connectivity index is 2.21. The van der Waals surface area contributed by atoms with E-state index in [1.807, 2.05) is 24.3 Å². The summed E-state index contributed by atoms with van der Waals surface area (Å²) in [6.07, 6.45) is 0. The van der Waals surface area contributed by atoms with Gasteiger partial charge in [-0.15, -0.1) is 0 Å². The molecule has 0 fully saturated rings. The summed E-state index contributed by atoms with van der Waals surface area (Å²) in [5, 5.41) is 21.4. The van der Waals surface area contributed by atoms with E-state index in [1.165, 1.54) is 10.7 Å². The van der Waals surface area contributed by atoms with Gasteiger partial charge in [-0.05, 0) is 11.6 Å².